The van der Waals surface area contributed by atoms with E-state index in [1.807, 2.05) is 13.0 Å². The molecule has 0 atom stereocenters. The maximum atomic E-state index is 14.7. The van der Waals surface area contributed by atoms with Crippen LogP contribution in [0.1, 0.15) is 24.5 Å². The van der Waals surface area contributed by atoms with Crippen molar-refractivity contribution in [3.05, 3.63) is 107 Å². The number of hydrogen-bond acceptors (Lipinski definition) is 2. The van der Waals surface area contributed by atoms with Crippen LogP contribution in [0.5, 0.6) is 11.5 Å². The summed E-state index contributed by atoms with van der Waals surface area (Å²) in [7, 11) is 0. The van der Waals surface area contributed by atoms with E-state index < -0.39 is 47.5 Å². The molecule has 0 aliphatic carbocycles. The first-order valence-corrected chi connectivity index (χ1v) is 11.6. The standard InChI is InChI=1S/C29H21F7O2/c1-2-3-17-4-10-22(24(31)12-17)19-7-5-18(6-8-19)20-9-11-23(25(32)13-20)29(35,36)38-21-14-26(33)28(37-16-30)27(34)15-21/h4-15H,2-3,16H2,1H3. The highest BCUT2D eigenvalue weighted by molar-refractivity contribution is 5.71. The van der Waals surface area contributed by atoms with Gasteiger partial charge in [-0.25, -0.2) is 22.0 Å². The van der Waals surface area contributed by atoms with Crippen molar-refractivity contribution in [1.29, 1.82) is 0 Å². The molecular formula is C29H21F7O2. The van der Waals surface area contributed by atoms with Gasteiger partial charge in [0.25, 0.3) is 0 Å². The molecule has 0 heterocycles. The number of alkyl halides is 3. The molecule has 0 spiro atoms. The fourth-order valence-corrected chi connectivity index (χ4v) is 4.00. The van der Waals surface area contributed by atoms with Crippen molar-refractivity contribution in [3.63, 3.8) is 0 Å². The van der Waals surface area contributed by atoms with Crippen LogP contribution in [-0.2, 0) is 12.5 Å². The number of aryl methyl sites for hydroxylation is 1. The number of halogens is 7. The Kier molecular flexibility index (Phi) is 7.94. The SMILES string of the molecule is CCCc1ccc(-c2ccc(-c3ccc(C(F)(F)Oc4cc(F)c(OCF)c(F)c4)c(F)c3)cc2)c(F)c1. The zero-order valence-corrected chi connectivity index (χ0v) is 20.0. The molecule has 4 rings (SSSR count). The summed E-state index contributed by atoms with van der Waals surface area (Å²) in [6.07, 6.45) is -2.64. The number of rotatable bonds is 9. The van der Waals surface area contributed by atoms with E-state index in [9.17, 15) is 30.7 Å². The number of hydrogen-bond donors (Lipinski definition) is 0. The molecule has 0 saturated carbocycles. The first-order chi connectivity index (χ1) is 18.1. The van der Waals surface area contributed by atoms with E-state index in [1.165, 1.54) is 12.1 Å². The van der Waals surface area contributed by atoms with Gasteiger partial charge >= 0.3 is 6.11 Å². The predicted molar refractivity (Wildman–Crippen MR) is 129 cm³/mol. The lowest BCUT2D eigenvalue weighted by Crippen LogP contribution is -2.23. The van der Waals surface area contributed by atoms with E-state index >= 15 is 0 Å². The van der Waals surface area contributed by atoms with Crippen molar-refractivity contribution < 1.29 is 40.2 Å². The van der Waals surface area contributed by atoms with Gasteiger partial charge in [0.15, 0.2) is 17.4 Å². The van der Waals surface area contributed by atoms with Gasteiger partial charge in [-0.3, -0.25) is 0 Å². The number of ether oxygens (including phenoxy) is 2. The molecule has 0 radical (unpaired) electrons. The van der Waals surface area contributed by atoms with E-state index in [1.54, 1.807) is 30.3 Å². The van der Waals surface area contributed by atoms with Crippen molar-refractivity contribution in [3.8, 4) is 33.8 Å². The zero-order chi connectivity index (χ0) is 27.4. The van der Waals surface area contributed by atoms with Crippen molar-refractivity contribution >= 4 is 0 Å². The van der Waals surface area contributed by atoms with Gasteiger partial charge < -0.3 is 9.47 Å². The lowest BCUT2D eigenvalue weighted by atomic mass is 9.97. The van der Waals surface area contributed by atoms with Crippen LogP contribution in [0.25, 0.3) is 22.3 Å². The van der Waals surface area contributed by atoms with Crippen LogP contribution in [0.2, 0.25) is 0 Å². The molecule has 0 fully saturated rings. The third-order valence-corrected chi connectivity index (χ3v) is 5.80. The summed E-state index contributed by atoms with van der Waals surface area (Å²) in [4.78, 5) is 0. The highest BCUT2D eigenvalue weighted by Gasteiger charge is 2.38. The molecule has 0 aliphatic rings. The predicted octanol–water partition coefficient (Wildman–Crippen LogP) is 8.96. The molecule has 0 aliphatic heterocycles. The molecule has 9 heteroatoms. The molecule has 0 unspecified atom stereocenters. The Hall–Kier alpha value is -4.01. The first kappa shape index (κ1) is 27.0. The van der Waals surface area contributed by atoms with E-state index in [0.29, 0.717) is 28.8 Å². The largest absolute Gasteiger partial charge is 0.457 e. The second kappa shape index (κ2) is 11.2. The summed E-state index contributed by atoms with van der Waals surface area (Å²) in [6.45, 7) is 0.467. The quantitative estimate of drug-likeness (QED) is 0.200. The Labute approximate surface area is 214 Å². The van der Waals surface area contributed by atoms with Gasteiger partial charge in [0.1, 0.15) is 17.4 Å². The summed E-state index contributed by atoms with van der Waals surface area (Å²) in [5.74, 6) is -6.68. The van der Waals surface area contributed by atoms with Crippen molar-refractivity contribution in [2.45, 2.75) is 25.9 Å². The highest BCUT2D eigenvalue weighted by atomic mass is 19.3. The van der Waals surface area contributed by atoms with Crippen LogP contribution in [0, 0.1) is 23.3 Å². The van der Waals surface area contributed by atoms with Gasteiger partial charge in [-0.05, 0) is 46.9 Å². The minimum atomic E-state index is -4.30. The Morgan fingerprint density at radius 1 is 0.684 bits per heavy atom. The van der Waals surface area contributed by atoms with Crippen LogP contribution >= 0.6 is 0 Å². The third kappa shape index (κ3) is 5.77. The Morgan fingerprint density at radius 2 is 1.32 bits per heavy atom. The van der Waals surface area contributed by atoms with Crippen LogP contribution in [0.4, 0.5) is 30.7 Å². The highest BCUT2D eigenvalue weighted by Crippen LogP contribution is 2.37. The molecule has 0 N–H and O–H groups in total. The van der Waals surface area contributed by atoms with Gasteiger partial charge in [-0.1, -0.05) is 55.8 Å². The second-order valence-electron chi connectivity index (χ2n) is 8.42. The fourth-order valence-electron chi connectivity index (χ4n) is 4.00. The van der Waals surface area contributed by atoms with Gasteiger partial charge in [-0.15, -0.1) is 0 Å². The molecule has 0 bridgehead atoms. The van der Waals surface area contributed by atoms with Gasteiger partial charge in [0, 0.05) is 17.7 Å². The van der Waals surface area contributed by atoms with E-state index in [4.69, 9.17) is 0 Å². The summed E-state index contributed by atoms with van der Waals surface area (Å²) in [5.41, 5.74) is 1.45. The van der Waals surface area contributed by atoms with Gasteiger partial charge in [-0.2, -0.15) is 8.78 Å². The van der Waals surface area contributed by atoms with Crippen molar-refractivity contribution in [1.82, 2.24) is 0 Å². The van der Waals surface area contributed by atoms with Gasteiger partial charge in [0.2, 0.25) is 6.86 Å². The maximum Gasteiger partial charge on any atom is 0.429 e. The molecule has 38 heavy (non-hydrogen) atoms. The smallest absolute Gasteiger partial charge is 0.429 e. The Morgan fingerprint density at radius 3 is 1.89 bits per heavy atom. The molecule has 4 aromatic carbocycles. The minimum absolute atomic E-state index is 0.261. The normalized spacial score (nSPS) is 11.5. The van der Waals surface area contributed by atoms with Crippen LogP contribution in [0.15, 0.2) is 72.8 Å². The first-order valence-electron chi connectivity index (χ1n) is 11.6. The molecule has 198 valence electrons. The monoisotopic (exact) mass is 534 g/mol. The van der Waals surface area contributed by atoms with Crippen LogP contribution in [-0.4, -0.2) is 6.86 Å². The third-order valence-electron chi connectivity index (χ3n) is 5.80. The summed E-state index contributed by atoms with van der Waals surface area (Å²) in [5, 5.41) is 0. The van der Waals surface area contributed by atoms with Gasteiger partial charge in [0.05, 0.1) is 5.56 Å². The second-order valence-corrected chi connectivity index (χ2v) is 8.42. The Balaban J connectivity index is 1.55. The average molecular weight is 534 g/mol. The van der Waals surface area contributed by atoms with Crippen LogP contribution < -0.4 is 9.47 Å². The van der Waals surface area contributed by atoms with E-state index in [2.05, 4.69) is 9.47 Å². The summed E-state index contributed by atoms with van der Waals surface area (Å²) in [6, 6.07) is 15.1. The average Bonchev–Trinajstić information content (AvgIpc) is 2.86. The molecule has 0 aromatic heterocycles. The fraction of sp³-hybridized carbons (Fsp3) is 0.172. The summed E-state index contributed by atoms with van der Waals surface area (Å²) >= 11 is 0. The van der Waals surface area contributed by atoms with Crippen molar-refractivity contribution in [2.75, 3.05) is 6.86 Å². The lowest BCUT2D eigenvalue weighted by molar-refractivity contribution is -0.187. The molecule has 0 saturated heterocycles. The lowest BCUT2D eigenvalue weighted by Gasteiger charge is -2.20. The Bertz CT molecular complexity index is 1410. The molecule has 4 aromatic rings. The number of benzene rings is 4. The van der Waals surface area contributed by atoms with E-state index in [-0.39, 0.29) is 11.4 Å². The van der Waals surface area contributed by atoms with Crippen LogP contribution in [0.3, 0.4) is 0 Å². The zero-order valence-electron chi connectivity index (χ0n) is 20.0. The topological polar surface area (TPSA) is 18.5 Å². The minimum Gasteiger partial charge on any atom is -0.457 e. The molecule has 0 amide bonds. The van der Waals surface area contributed by atoms with E-state index in [0.717, 1.165) is 30.5 Å². The maximum absolute atomic E-state index is 14.7. The van der Waals surface area contributed by atoms with Crippen molar-refractivity contribution in [2.24, 2.45) is 0 Å². The molecular weight excluding hydrogens is 513 g/mol. The molecule has 2 nitrogen and oxygen atoms in total. The summed E-state index contributed by atoms with van der Waals surface area (Å²) < 4.78 is 107.